The summed E-state index contributed by atoms with van der Waals surface area (Å²) in [6.07, 6.45) is 4.73. The van der Waals surface area contributed by atoms with E-state index in [0.717, 1.165) is 12.8 Å². The van der Waals surface area contributed by atoms with Crippen LogP contribution in [-0.4, -0.2) is 23.9 Å². The van der Waals surface area contributed by atoms with Gasteiger partial charge in [0.1, 0.15) is 0 Å². The van der Waals surface area contributed by atoms with Gasteiger partial charge in [0.05, 0.1) is 18.8 Å². The molecule has 72 valence electrons. The number of aliphatic hydroxyl groups excluding tert-OH is 1. The van der Waals surface area contributed by atoms with Crippen LogP contribution in [0.1, 0.15) is 39.5 Å². The van der Waals surface area contributed by atoms with Crippen molar-refractivity contribution < 1.29 is 9.84 Å². The van der Waals surface area contributed by atoms with E-state index in [0.29, 0.717) is 18.6 Å². The largest absolute Gasteiger partial charge is 0.390 e. The second kappa shape index (κ2) is 4.83. The van der Waals surface area contributed by atoms with Gasteiger partial charge in [-0.1, -0.05) is 13.3 Å². The topological polar surface area (TPSA) is 29.5 Å². The van der Waals surface area contributed by atoms with E-state index in [4.69, 9.17) is 4.74 Å². The highest BCUT2D eigenvalue weighted by atomic mass is 16.5. The number of hydrogen-bond acceptors (Lipinski definition) is 2. The Morgan fingerprint density at radius 3 is 2.67 bits per heavy atom. The van der Waals surface area contributed by atoms with Crippen molar-refractivity contribution in [3.63, 3.8) is 0 Å². The molecular weight excluding hydrogens is 152 g/mol. The molecule has 1 saturated carbocycles. The van der Waals surface area contributed by atoms with Gasteiger partial charge in [-0.25, -0.2) is 0 Å². The zero-order chi connectivity index (χ0) is 8.97. The van der Waals surface area contributed by atoms with Crippen LogP contribution in [0.3, 0.4) is 0 Å². The summed E-state index contributed by atoms with van der Waals surface area (Å²) in [6, 6.07) is 0. The quantitative estimate of drug-likeness (QED) is 0.663. The van der Waals surface area contributed by atoms with Crippen molar-refractivity contribution in [1.82, 2.24) is 0 Å². The van der Waals surface area contributed by atoms with Gasteiger partial charge in [-0.2, -0.15) is 0 Å². The average Bonchev–Trinajstić information content (AvgIpc) is 2.83. The van der Waals surface area contributed by atoms with E-state index in [1.54, 1.807) is 0 Å². The third-order valence-corrected chi connectivity index (χ3v) is 2.41. The predicted molar refractivity (Wildman–Crippen MR) is 49.1 cm³/mol. The van der Waals surface area contributed by atoms with Crippen molar-refractivity contribution in [1.29, 1.82) is 0 Å². The molecule has 1 aliphatic carbocycles. The summed E-state index contributed by atoms with van der Waals surface area (Å²) in [4.78, 5) is 0. The average molecular weight is 172 g/mol. The Morgan fingerprint density at radius 2 is 2.17 bits per heavy atom. The van der Waals surface area contributed by atoms with Crippen molar-refractivity contribution >= 4 is 0 Å². The van der Waals surface area contributed by atoms with Gasteiger partial charge in [0.15, 0.2) is 0 Å². The molecule has 0 spiro atoms. The summed E-state index contributed by atoms with van der Waals surface area (Å²) < 4.78 is 5.50. The minimum atomic E-state index is -0.204. The maximum absolute atomic E-state index is 9.48. The number of hydrogen-bond donors (Lipinski definition) is 1. The van der Waals surface area contributed by atoms with Gasteiger partial charge in [-0.05, 0) is 32.1 Å². The van der Waals surface area contributed by atoms with Crippen LogP contribution in [0.4, 0.5) is 0 Å². The lowest BCUT2D eigenvalue weighted by molar-refractivity contribution is -0.0128. The van der Waals surface area contributed by atoms with Gasteiger partial charge in [-0.3, -0.25) is 0 Å². The molecule has 0 radical (unpaired) electrons. The molecule has 1 aliphatic rings. The van der Waals surface area contributed by atoms with E-state index in [2.05, 4.69) is 13.8 Å². The Morgan fingerprint density at radius 1 is 1.50 bits per heavy atom. The fraction of sp³-hybridized carbons (Fsp3) is 1.00. The molecule has 0 aliphatic heterocycles. The first-order valence-corrected chi connectivity index (χ1v) is 5.03. The predicted octanol–water partition coefficient (Wildman–Crippen LogP) is 1.96. The summed E-state index contributed by atoms with van der Waals surface area (Å²) >= 11 is 0. The molecule has 1 N–H and O–H groups in total. The van der Waals surface area contributed by atoms with Gasteiger partial charge in [0, 0.05) is 0 Å². The highest BCUT2D eigenvalue weighted by molar-refractivity contribution is 4.80. The Bertz CT molecular complexity index is 121. The Balaban J connectivity index is 1.99. The van der Waals surface area contributed by atoms with E-state index in [-0.39, 0.29) is 6.10 Å². The monoisotopic (exact) mass is 172 g/mol. The van der Waals surface area contributed by atoms with Crippen LogP contribution in [-0.2, 0) is 4.74 Å². The van der Waals surface area contributed by atoms with Crippen molar-refractivity contribution in [3.05, 3.63) is 0 Å². The lowest BCUT2D eigenvalue weighted by Crippen LogP contribution is -2.21. The van der Waals surface area contributed by atoms with Crippen molar-refractivity contribution in [3.8, 4) is 0 Å². The van der Waals surface area contributed by atoms with Gasteiger partial charge in [0.2, 0.25) is 0 Å². The fourth-order valence-corrected chi connectivity index (χ4v) is 1.37. The van der Waals surface area contributed by atoms with E-state index in [9.17, 15) is 5.11 Å². The molecule has 0 aromatic rings. The molecule has 0 aromatic carbocycles. The minimum absolute atomic E-state index is 0.204. The molecule has 1 fully saturated rings. The van der Waals surface area contributed by atoms with E-state index in [1.807, 2.05) is 0 Å². The third-order valence-electron chi connectivity index (χ3n) is 2.41. The van der Waals surface area contributed by atoms with Crippen molar-refractivity contribution in [2.24, 2.45) is 5.92 Å². The number of aliphatic hydroxyl groups is 1. The van der Waals surface area contributed by atoms with Gasteiger partial charge in [0.25, 0.3) is 0 Å². The lowest BCUT2D eigenvalue weighted by atomic mass is 10.2. The fourth-order valence-electron chi connectivity index (χ4n) is 1.37. The maximum atomic E-state index is 9.48. The first-order chi connectivity index (χ1) is 5.74. The molecule has 12 heavy (non-hydrogen) atoms. The zero-order valence-electron chi connectivity index (χ0n) is 8.12. The molecule has 0 heterocycles. The molecule has 1 rings (SSSR count). The summed E-state index contributed by atoms with van der Waals surface area (Å²) in [5.74, 6) is 0.541. The molecule has 0 amide bonds. The second-order valence-electron chi connectivity index (χ2n) is 3.84. The Labute approximate surface area is 74.9 Å². The maximum Gasteiger partial charge on any atom is 0.0801 e. The van der Waals surface area contributed by atoms with Crippen LogP contribution < -0.4 is 0 Å². The number of rotatable bonds is 6. The molecule has 0 bridgehead atoms. The van der Waals surface area contributed by atoms with Crippen LogP contribution >= 0.6 is 0 Å². The smallest absolute Gasteiger partial charge is 0.0801 e. The molecule has 2 unspecified atom stereocenters. The zero-order valence-corrected chi connectivity index (χ0v) is 8.12. The van der Waals surface area contributed by atoms with Gasteiger partial charge < -0.3 is 9.84 Å². The van der Waals surface area contributed by atoms with Gasteiger partial charge in [-0.15, -0.1) is 0 Å². The standard InChI is InChI=1S/C10H20O2/c1-3-4-8(2)12-7-10(11)9-5-6-9/h8-11H,3-7H2,1-2H3. The van der Waals surface area contributed by atoms with Crippen molar-refractivity contribution in [2.75, 3.05) is 6.61 Å². The van der Waals surface area contributed by atoms with Crippen LogP contribution in [0, 0.1) is 5.92 Å². The first-order valence-electron chi connectivity index (χ1n) is 5.03. The summed E-state index contributed by atoms with van der Waals surface area (Å²) in [7, 11) is 0. The third kappa shape index (κ3) is 3.55. The minimum Gasteiger partial charge on any atom is -0.390 e. The highest BCUT2D eigenvalue weighted by Gasteiger charge is 2.29. The lowest BCUT2D eigenvalue weighted by Gasteiger charge is -2.15. The summed E-state index contributed by atoms with van der Waals surface area (Å²) in [5.41, 5.74) is 0. The Kier molecular flexibility index (Phi) is 4.02. The van der Waals surface area contributed by atoms with Crippen LogP contribution in [0.2, 0.25) is 0 Å². The van der Waals surface area contributed by atoms with Gasteiger partial charge >= 0.3 is 0 Å². The van der Waals surface area contributed by atoms with Crippen LogP contribution in [0.5, 0.6) is 0 Å². The van der Waals surface area contributed by atoms with Crippen LogP contribution in [0.25, 0.3) is 0 Å². The molecule has 2 heteroatoms. The molecule has 2 nitrogen and oxygen atoms in total. The number of ether oxygens (including phenoxy) is 1. The molecule has 0 saturated heterocycles. The molecule has 0 aromatic heterocycles. The summed E-state index contributed by atoms with van der Waals surface area (Å²) in [6.45, 7) is 4.76. The SMILES string of the molecule is CCCC(C)OCC(O)C1CC1. The first kappa shape index (κ1) is 10.0. The Hall–Kier alpha value is -0.0800. The van der Waals surface area contributed by atoms with Crippen molar-refractivity contribution in [2.45, 2.75) is 51.7 Å². The molecular formula is C10H20O2. The molecule has 2 atom stereocenters. The van der Waals surface area contributed by atoms with Crippen LogP contribution in [0.15, 0.2) is 0 Å². The van der Waals surface area contributed by atoms with E-state index in [1.165, 1.54) is 12.8 Å². The van der Waals surface area contributed by atoms with E-state index < -0.39 is 0 Å². The summed E-state index contributed by atoms with van der Waals surface area (Å²) in [5, 5.41) is 9.48. The highest BCUT2D eigenvalue weighted by Crippen LogP contribution is 2.32. The normalized spacial score (nSPS) is 22.2. The second-order valence-corrected chi connectivity index (χ2v) is 3.84. The van der Waals surface area contributed by atoms with E-state index >= 15 is 0 Å².